The van der Waals surface area contributed by atoms with Gasteiger partial charge in [0.05, 0.1) is 12.1 Å². The molecule has 0 fully saturated rings. The van der Waals surface area contributed by atoms with Crippen LogP contribution in [0.25, 0.3) is 10.1 Å². The van der Waals surface area contributed by atoms with E-state index in [4.69, 9.17) is 28.6 Å². The van der Waals surface area contributed by atoms with Gasteiger partial charge in [-0.25, -0.2) is 0 Å². The molecule has 27 heavy (non-hydrogen) atoms. The number of hydrogen-bond donors (Lipinski definition) is 2. The van der Waals surface area contributed by atoms with E-state index in [1.165, 1.54) is 16.9 Å². The lowest BCUT2D eigenvalue weighted by atomic mass is 10.1. The van der Waals surface area contributed by atoms with Crippen LogP contribution in [0.3, 0.4) is 0 Å². The minimum Gasteiger partial charge on any atom is -0.497 e. The lowest BCUT2D eigenvalue weighted by Crippen LogP contribution is -2.34. The standard InChI is InChI=1S/C20H19ClN2O2S2/c1-10-7-11(2)17(12(3)8-10)22-20(26)23-19(24)18-16(21)14-6-5-13(25-4)9-15(14)27-18/h5-9H,1-4H3,(H2,22,23,24,26). The molecule has 0 atom stereocenters. The fourth-order valence-corrected chi connectivity index (χ4v) is 4.64. The molecule has 0 saturated heterocycles. The molecule has 1 amide bonds. The first-order valence-electron chi connectivity index (χ1n) is 8.26. The van der Waals surface area contributed by atoms with Gasteiger partial charge in [0.1, 0.15) is 10.6 Å². The van der Waals surface area contributed by atoms with Gasteiger partial charge in [0.25, 0.3) is 5.91 Å². The number of ether oxygens (including phenoxy) is 1. The average Bonchev–Trinajstić information content (AvgIpc) is 2.94. The molecular weight excluding hydrogens is 400 g/mol. The smallest absolute Gasteiger partial charge is 0.269 e. The Morgan fingerprint density at radius 3 is 2.44 bits per heavy atom. The molecule has 0 unspecified atom stereocenters. The third-order valence-electron chi connectivity index (χ3n) is 4.19. The van der Waals surface area contributed by atoms with Crippen LogP contribution in [0.4, 0.5) is 5.69 Å². The van der Waals surface area contributed by atoms with Crippen molar-refractivity contribution in [2.45, 2.75) is 20.8 Å². The van der Waals surface area contributed by atoms with Gasteiger partial charge in [-0.05, 0) is 62.3 Å². The molecular formula is C20H19ClN2O2S2. The summed E-state index contributed by atoms with van der Waals surface area (Å²) in [6.45, 7) is 6.05. The number of nitrogens with one attached hydrogen (secondary N) is 2. The molecule has 0 saturated carbocycles. The summed E-state index contributed by atoms with van der Waals surface area (Å²) in [5.74, 6) is 0.384. The highest BCUT2D eigenvalue weighted by Crippen LogP contribution is 2.37. The predicted octanol–water partition coefficient (Wildman–Crippen LogP) is 5.62. The topological polar surface area (TPSA) is 50.4 Å². The largest absolute Gasteiger partial charge is 0.497 e. The van der Waals surface area contributed by atoms with Crippen molar-refractivity contribution in [3.63, 3.8) is 0 Å². The molecule has 1 heterocycles. The molecule has 2 aromatic carbocycles. The summed E-state index contributed by atoms with van der Waals surface area (Å²) in [6, 6.07) is 9.65. The van der Waals surface area contributed by atoms with Crippen LogP contribution in [0, 0.1) is 20.8 Å². The van der Waals surface area contributed by atoms with Crippen molar-refractivity contribution >= 4 is 61.9 Å². The van der Waals surface area contributed by atoms with Gasteiger partial charge in [0, 0.05) is 15.8 Å². The van der Waals surface area contributed by atoms with E-state index in [0.29, 0.717) is 9.90 Å². The SMILES string of the molecule is COc1ccc2c(Cl)c(C(=O)NC(=S)Nc3c(C)cc(C)cc3C)sc2c1. The van der Waals surface area contributed by atoms with Gasteiger partial charge < -0.3 is 10.1 Å². The Morgan fingerprint density at radius 1 is 1.15 bits per heavy atom. The molecule has 7 heteroatoms. The van der Waals surface area contributed by atoms with Crippen molar-refractivity contribution in [2.24, 2.45) is 0 Å². The van der Waals surface area contributed by atoms with Crippen molar-refractivity contribution < 1.29 is 9.53 Å². The normalized spacial score (nSPS) is 10.7. The number of methoxy groups -OCH3 is 1. The van der Waals surface area contributed by atoms with E-state index in [1.54, 1.807) is 7.11 Å². The maximum Gasteiger partial charge on any atom is 0.269 e. The van der Waals surface area contributed by atoms with E-state index < -0.39 is 0 Å². The summed E-state index contributed by atoms with van der Waals surface area (Å²) in [5.41, 5.74) is 4.21. The Kier molecular flexibility index (Phi) is 5.69. The van der Waals surface area contributed by atoms with Gasteiger partial charge in [0.15, 0.2) is 5.11 Å². The number of hydrogen-bond acceptors (Lipinski definition) is 4. The number of amides is 1. The number of aryl methyl sites for hydroxylation is 3. The van der Waals surface area contributed by atoms with Gasteiger partial charge in [-0.2, -0.15) is 0 Å². The Labute approximate surface area is 172 Å². The van der Waals surface area contributed by atoms with Gasteiger partial charge in [-0.15, -0.1) is 11.3 Å². The van der Waals surface area contributed by atoms with Crippen LogP contribution >= 0.6 is 35.2 Å². The lowest BCUT2D eigenvalue weighted by Gasteiger charge is -2.15. The second kappa shape index (κ2) is 7.84. The first-order valence-corrected chi connectivity index (χ1v) is 9.86. The first-order chi connectivity index (χ1) is 12.8. The average molecular weight is 419 g/mol. The van der Waals surface area contributed by atoms with Crippen molar-refractivity contribution in [1.82, 2.24) is 5.32 Å². The first kappa shape index (κ1) is 19.6. The van der Waals surface area contributed by atoms with Gasteiger partial charge in [-0.3, -0.25) is 10.1 Å². The number of thiophene rings is 1. The van der Waals surface area contributed by atoms with Crippen LogP contribution < -0.4 is 15.4 Å². The van der Waals surface area contributed by atoms with Crippen LogP contribution in [0.2, 0.25) is 5.02 Å². The number of rotatable bonds is 3. The molecule has 0 aliphatic heterocycles. The van der Waals surface area contributed by atoms with E-state index in [-0.39, 0.29) is 11.0 Å². The van der Waals surface area contributed by atoms with Crippen molar-refractivity contribution in [3.8, 4) is 5.75 Å². The monoisotopic (exact) mass is 418 g/mol. The van der Waals surface area contributed by atoms with Gasteiger partial charge in [0.2, 0.25) is 0 Å². The van der Waals surface area contributed by atoms with Crippen LogP contribution in [0.1, 0.15) is 26.4 Å². The van der Waals surface area contributed by atoms with Gasteiger partial charge >= 0.3 is 0 Å². The third kappa shape index (κ3) is 4.08. The van der Waals surface area contributed by atoms with Crippen molar-refractivity contribution in [1.29, 1.82) is 0 Å². The Hall–Kier alpha value is -2.15. The Bertz CT molecular complexity index is 1040. The van der Waals surface area contributed by atoms with Crippen LogP contribution in [-0.2, 0) is 0 Å². The zero-order valence-electron chi connectivity index (χ0n) is 15.4. The molecule has 3 aromatic rings. The number of carbonyl (C=O) groups excluding carboxylic acids is 1. The lowest BCUT2D eigenvalue weighted by molar-refractivity contribution is 0.0982. The van der Waals surface area contributed by atoms with Crippen molar-refractivity contribution in [2.75, 3.05) is 12.4 Å². The number of halogens is 1. The third-order valence-corrected chi connectivity index (χ3v) is 6.05. The maximum absolute atomic E-state index is 12.7. The molecule has 0 spiro atoms. The Balaban J connectivity index is 1.80. The second-order valence-electron chi connectivity index (χ2n) is 6.29. The Morgan fingerprint density at radius 2 is 1.81 bits per heavy atom. The van der Waals surface area contributed by atoms with E-state index in [9.17, 15) is 4.79 Å². The van der Waals surface area contributed by atoms with E-state index >= 15 is 0 Å². The number of thiocarbonyl (C=S) groups is 1. The highest BCUT2D eigenvalue weighted by molar-refractivity contribution is 7.80. The molecule has 140 valence electrons. The zero-order chi connectivity index (χ0) is 19.7. The molecule has 1 aromatic heterocycles. The van der Waals surface area contributed by atoms with Gasteiger partial charge in [-0.1, -0.05) is 29.3 Å². The number of anilines is 1. The summed E-state index contributed by atoms with van der Waals surface area (Å²) >= 11 is 13.0. The molecule has 2 N–H and O–H groups in total. The highest BCUT2D eigenvalue weighted by atomic mass is 35.5. The predicted molar refractivity (Wildman–Crippen MR) is 118 cm³/mol. The number of benzene rings is 2. The molecule has 3 rings (SSSR count). The summed E-state index contributed by atoms with van der Waals surface area (Å²) < 4.78 is 6.11. The zero-order valence-corrected chi connectivity index (χ0v) is 17.8. The summed E-state index contributed by atoms with van der Waals surface area (Å²) in [5, 5.41) is 7.31. The van der Waals surface area contributed by atoms with E-state index in [1.807, 2.05) is 39.0 Å². The fourth-order valence-electron chi connectivity index (χ4n) is 3.00. The number of carbonyl (C=O) groups is 1. The quantitative estimate of drug-likeness (QED) is 0.542. The van der Waals surface area contributed by atoms with E-state index in [2.05, 4.69) is 22.8 Å². The van der Waals surface area contributed by atoms with E-state index in [0.717, 1.165) is 32.6 Å². The molecule has 4 nitrogen and oxygen atoms in total. The second-order valence-corrected chi connectivity index (χ2v) is 8.13. The summed E-state index contributed by atoms with van der Waals surface area (Å²) in [6.07, 6.45) is 0. The molecule has 0 bridgehead atoms. The molecule has 0 aliphatic rings. The molecule has 0 aliphatic carbocycles. The highest BCUT2D eigenvalue weighted by Gasteiger charge is 2.19. The summed E-state index contributed by atoms with van der Waals surface area (Å²) in [7, 11) is 1.60. The minimum atomic E-state index is -0.333. The minimum absolute atomic E-state index is 0.237. The van der Waals surface area contributed by atoms with Crippen LogP contribution in [0.5, 0.6) is 5.75 Å². The fraction of sp³-hybridized carbons (Fsp3) is 0.200. The molecule has 0 radical (unpaired) electrons. The number of fused-ring (bicyclic) bond motifs is 1. The van der Waals surface area contributed by atoms with Crippen LogP contribution in [0.15, 0.2) is 30.3 Å². The van der Waals surface area contributed by atoms with Crippen LogP contribution in [-0.4, -0.2) is 18.1 Å². The van der Waals surface area contributed by atoms with Crippen molar-refractivity contribution in [3.05, 3.63) is 56.9 Å². The summed E-state index contributed by atoms with van der Waals surface area (Å²) in [4.78, 5) is 13.1. The maximum atomic E-state index is 12.7.